The van der Waals surface area contributed by atoms with Gasteiger partial charge in [0.05, 0.1) is 13.0 Å². The molecule has 3 N–H and O–H groups in total. The summed E-state index contributed by atoms with van der Waals surface area (Å²) >= 11 is 0. The third kappa shape index (κ3) is 3.47. The number of nitrogens with two attached hydrogens (primary N) is 1. The van der Waals surface area contributed by atoms with Crippen molar-refractivity contribution in [3.05, 3.63) is 6.07 Å². The van der Waals surface area contributed by atoms with Gasteiger partial charge < -0.3 is 20.7 Å². The van der Waals surface area contributed by atoms with Gasteiger partial charge in [-0.25, -0.2) is 0 Å². The van der Waals surface area contributed by atoms with Gasteiger partial charge in [0.25, 0.3) is 0 Å². The number of carbonyl (C=O) groups is 1. The topological polar surface area (TPSA) is 93.4 Å². The van der Waals surface area contributed by atoms with Crippen LogP contribution in [0, 0.1) is 5.92 Å². The van der Waals surface area contributed by atoms with Gasteiger partial charge in [0.15, 0.2) is 0 Å². The molecule has 0 aliphatic rings. The van der Waals surface area contributed by atoms with Gasteiger partial charge in [-0.1, -0.05) is 6.92 Å². The molecule has 1 aromatic rings. The van der Waals surface area contributed by atoms with Crippen LogP contribution in [0.2, 0.25) is 0 Å². The molecule has 1 atom stereocenters. The number of nitrogen functional groups attached to an aromatic ring is 1. The fourth-order valence-corrected chi connectivity index (χ4v) is 1.56. The molecular formula is C11H19N5O2. The molecule has 0 aliphatic carbocycles. The Morgan fingerprint density at radius 2 is 2.28 bits per heavy atom. The van der Waals surface area contributed by atoms with Crippen LogP contribution in [0.25, 0.3) is 0 Å². The van der Waals surface area contributed by atoms with Crippen LogP contribution >= 0.6 is 0 Å². The minimum absolute atomic E-state index is 0.0177. The summed E-state index contributed by atoms with van der Waals surface area (Å²) in [7, 11) is 4.96. The van der Waals surface area contributed by atoms with Crippen LogP contribution in [-0.4, -0.2) is 43.6 Å². The number of hydrogen-bond donors (Lipinski definition) is 2. The molecule has 1 unspecified atom stereocenters. The molecular weight excluding hydrogens is 234 g/mol. The summed E-state index contributed by atoms with van der Waals surface area (Å²) in [6.45, 7) is 2.37. The predicted octanol–water partition coefficient (Wildman–Crippen LogP) is -0.114. The van der Waals surface area contributed by atoms with Gasteiger partial charge >= 0.3 is 0 Å². The van der Waals surface area contributed by atoms with E-state index in [0.717, 1.165) is 0 Å². The molecule has 100 valence electrons. The molecule has 1 aromatic heterocycles. The average Bonchev–Trinajstić information content (AvgIpc) is 2.36. The van der Waals surface area contributed by atoms with Crippen LogP contribution in [0.3, 0.4) is 0 Å². The van der Waals surface area contributed by atoms with E-state index < -0.39 is 0 Å². The highest BCUT2D eigenvalue weighted by atomic mass is 16.5. The Bertz CT molecular complexity index is 424. The van der Waals surface area contributed by atoms with E-state index in [1.807, 2.05) is 18.9 Å². The Labute approximate surface area is 106 Å². The van der Waals surface area contributed by atoms with Gasteiger partial charge in [0.2, 0.25) is 17.7 Å². The highest BCUT2D eigenvalue weighted by molar-refractivity contribution is 5.78. The molecule has 0 aliphatic heterocycles. The maximum absolute atomic E-state index is 11.4. The first kappa shape index (κ1) is 14.0. The number of carbonyl (C=O) groups excluding carboxylic acids is 1. The zero-order chi connectivity index (χ0) is 13.7. The highest BCUT2D eigenvalue weighted by Gasteiger charge is 2.15. The number of amides is 1. The second-order valence-corrected chi connectivity index (χ2v) is 4.02. The van der Waals surface area contributed by atoms with E-state index in [4.69, 9.17) is 10.5 Å². The third-order valence-corrected chi connectivity index (χ3v) is 2.55. The Kier molecular flexibility index (Phi) is 4.70. The van der Waals surface area contributed by atoms with Crippen molar-refractivity contribution in [2.45, 2.75) is 6.92 Å². The van der Waals surface area contributed by atoms with Crippen molar-refractivity contribution in [2.75, 3.05) is 38.4 Å². The molecule has 0 spiro atoms. The van der Waals surface area contributed by atoms with Gasteiger partial charge in [-0.3, -0.25) is 4.79 Å². The summed E-state index contributed by atoms with van der Waals surface area (Å²) in [5, 5.41) is 2.61. The SMILES string of the molecule is CNC(=O)C(C)CN(C)c1cc(OC)nc(N)n1. The van der Waals surface area contributed by atoms with Gasteiger partial charge in [0, 0.05) is 26.7 Å². The lowest BCUT2D eigenvalue weighted by Crippen LogP contribution is -2.34. The number of ether oxygens (including phenoxy) is 1. The molecule has 7 nitrogen and oxygen atoms in total. The maximum Gasteiger partial charge on any atom is 0.225 e. The zero-order valence-corrected chi connectivity index (χ0v) is 11.1. The summed E-state index contributed by atoms with van der Waals surface area (Å²) in [4.78, 5) is 21.3. The molecule has 1 heterocycles. The predicted molar refractivity (Wildman–Crippen MR) is 69.5 cm³/mol. The summed E-state index contributed by atoms with van der Waals surface area (Å²) in [6, 6.07) is 1.67. The Morgan fingerprint density at radius 3 is 2.83 bits per heavy atom. The van der Waals surface area contributed by atoms with Crippen LogP contribution in [0.15, 0.2) is 6.07 Å². The van der Waals surface area contributed by atoms with Crippen molar-refractivity contribution in [1.82, 2.24) is 15.3 Å². The van der Waals surface area contributed by atoms with Crippen LogP contribution in [0.1, 0.15) is 6.92 Å². The normalized spacial score (nSPS) is 11.8. The van der Waals surface area contributed by atoms with E-state index in [2.05, 4.69) is 15.3 Å². The third-order valence-electron chi connectivity index (χ3n) is 2.55. The highest BCUT2D eigenvalue weighted by Crippen LogP contribution is 2.18. The maximum atomic E-state index is 11.4. The molecule has 0 fully saturated rings. The molecule has 0 saturated heterocycles. The quantitative estimate of drug-likeness (QED) is 0.760. The van der Waals surface area contributed by atoms with Gasteiger partial charge in [-0.2, -0.15) is 9.97 Å². The molecule has 1 amide bonds. The van der Waals surface area contributed by atoms with E-state index in [0.29, 0.717) is 18.2 Å². The number of nitrogens with one attached hydrogen (secondary N) is 1. The van der Waals surface area contributed by atoms with Crippen LogP contribution in [0.5, 0.6) is 5.88 Å². The number of nitrogens with zero attached hydrogens (tertiary/aromatic N) is 3. The molecule has 1 rings (SSSR count). The number of hydrogen-bond acceptors (Lipinski definition) is 6. The van der Waals surface area contributed by atoms with E-state index in [1.165, 1.54) is 7.11 Å². The molecule has 7 heteroatoms. The van der Waals surface area contributed by atoms with Crippen LogP contribution in [-0.2, 0) is 4.79 Å². The largest absolute Gasteiger partial charge is 0.481 e. The fourth-order valence-electron chi connectivity index (χ4n) is 1.56. The first-order chi connectivity index (χ1) is 8.47. The molecule has 0 aromatic carbocycles. The standard InChI is InChI=1S/C11H19N5O2/c1-7(10(17)13-2)6-16(3)8-5-9(18-4)15-11(12)14-8/h5,7H,6H2,1-4H3,(H,13,17)(H2,12,14,15). The number of anilines is 2. The van der Waals surface area contributed by atoms with Gasteiger partial charge in [0.1, 0.15) is 5.82 Å². The monoisotopic (exact) mass is 253 g/mol. The fraction of sp³-hybridized carbons (Fsp3) is 0.545. The van der Waals surface area contributed by atoms with Crippen LogP contribution < -0.4 is 20.7 Å². The Hall–Kier alpha value is -2.05. The van der Waals surface area contributed by atoms with Crippen molar-refractivity contribution in [2.24, 2.45) is 5.92 Å². The lowest BCUT2D eigenvalue weighted by molar-refractivity contribution is -0.123. The van der Waals surface area contributed by atoms with Crippen molar-refractivity contribution in [1.29, 1.82) is 0 Å². The first-order valence-electron chi connectivity index (χ1n) is 5.59. The Balaban J connectivity index is 2.80. The number of rotatable bonds is 5. The number of methoxy groups -OCH3 is 1. The summed E-state index contributed by atoms with van der Waals surface area (Å²) in [5.74, 6) is 0.994. The second kappa shape index (κ2) is 6.04. The van der Waals surface area contributed by atoms with Gasteiger partial charge in [-0.15, -0.1) is 0 Å². The lowest BCUT2D eigenvalue weighted by atomic mass is 10.1. The van der Waals surface area contributed by atoms with E-state index in [1.54, 1.807) is 13.1 Å². The van der Waals surface area contributed by atoms with E-state index in [-0.39, 0.29) is 17.8 Å². The van der Waals surface area contributed by atoms with Crippen molar-refractivity contribution in [3.63, 3.8) is 0 Å². The summed E-state index contributed by atoms with van der Waals surface area (Å²) < 4.78 is 5.02. The molecule has 0 bridgehead atoms. The van der Waals surface area contributed by atoms with E-state index in [9.17, 15) is 4.79 Å². The van der Waals surface area contributed by atoms with Crippen molar-refractivity contribution >= 4 is 17.7 Å². The smallest absolute Gasteiger partial charge is 0.225 e. The minimum atomic E-state index is -0.151. The minimum Gasteiger partial charge on any atom is -0.481 e. The molecule has 18 heavy (non-hydrogen) atoms. The van der Waals surface area contributed by atoms with E-state index >= 15 is 0 Å². The summed E-state index contributed by atoms with van der Waals surface area (Å²) in [6.07, 6.45) is 0. The average molecular weight is 253 g/mol. The van der Waals surface area contributed by atoms with Crippen LogP contribution in [0.4, 0.5) is 11.8 Å². The molecule has 0 saturated carbocycles. The first-order valence-corrected chi connectivity index (χ1v) is 5.59. The number of aromatic nitrogens is 2. The summed E-state index contributed by atoms with van der Waals surface area (Å²) in [5.41, 5.74) is 5.58. The molecule has 0 radical (unpaired) electrons. The zero-order valence-electron chi connectivity index (χ0n) is 11.1. The second-order valence-electron chi connectivity index (χ2n) is 4.02. The van der Waals surface area contributed by atoms with Crippen molar-refractivity contribution in [3.8, 4) is 5.88 Å². The van der Waals surface area contributed by atoms with Crippen molar-refractivity contribution < 1.29 is 9.53 Å². The lowest BCUT2D eigenvalue weighted by Gasteiger charge is -2.21. The van der Waals surface area contributed by atoms with Gasteiger partial charge in [-0.05, 0) is 0 Å². The Morgan fingerprint density at radius 1 is 1.61 bits per heavy atom.